The fraction of sp³-hybridized carbons (Fsp3) is 0.0667. The van der Waals surface area contributed by atoms with Gasteiger partial charge in [0.1, 0.15) is 11.4 Å². The molecule has 0 bridgehead atoms. The normalized spacial score (nSPS) is 12.9. The summed E-state index contributed by atoms with van der Waals surface area (Å²) in [4.78, 5) is 10.4. The van der Waals surface area contributed by atoms with Crippen molar-refractivity contribution in [1.29, 1.82) is 0 Å². The number of aromatic hydroxyl groups is 1. The van der Waals surface area contributed by atoms with Crippen LogP contribution < -0.4 is 0 Å². The molecule has 234 valence electrons. The molecule has 49 heavy (non-hydrogen) atoms. The van der Waals surface area contributed by atoms with Crippen molar-refractivity contribution in [2.45, 2.75) is 19.3 Å². The van der Waals surface area contributed by atoms with Crippen LogP contribution in [0.25, 0.3) is 72.9 Å². The zero-order chi connectivity index (χ0) is 33.1. The Balaban J connectivity index is 1.23. The molecule has 5 aromatic carbocycles. The first kappa shape index (κ1) is 28.9. The number of benzene rings is 5. The van der Waals surface area contributed by atoms with Crippen molar-refractivity contribution in [1.82, 2.24) is 14.4 Å². The molecule has 1 N–H and O–H groups in total. The Labute approximate surface area is 285 Å². The van der Waals surface area contributed by atoms with Crippen molar-refractivity contribution in [3.8, 4) is 73.0 Å². The second kappa shape index (κ2) is 11.2. The fourth-order valence-corrected chi connectivity index (χ4v) is 7.49. The van der Waals surface area contributed by atoms with Gasteiger partial charge >= 0.3 is 0 Å². The van der Waals surface area contributed by atoms with Crippen LogP contribution >= 0.6 is 0 Å². The molecule has 0 spiro atoms. The van der Waals surface area contributed by atoms with E-state index in [1.54, 1.807) is 0 Å². The number of fused-ring (bicyclic) bond motifs is 4. The third-order valence-corrected chi connectivity index (χ3v) is 9.94. The smallest absolute Gasteiger partial charge is 0.137 e. The predicted molar refractivity (Wildman–Crippen MR) is 199 cm³/mol. The van der Waals surface area contributed by atoms with Crippen LogP contribution in [0.15, 0.2) is 158 Å². The summed E-state index contributed by atoms with van der Waals surface area (Å²) in [5, 5.41) is 12.0. The van der Waals surface area contributed by atoms with Gasteiger partial charge in [-0.15, -0.1) is 0 Å². The Morgan fingerprint density at radius 1 is 0.510 bits per heavy atom. The van der Waals surface area contributed by atoms with E-state index in [0.717, 1.165) is 72.9 Å². The lowest BCUT2D eigenvalue weighted by molar-refractivity contribution is 0.478. The molecule has 3 aromatic heterocycles. The topological polar surface area (TPSA) is 50.4 Å². The second-order valence-electron chi connectivity index (χ2n) is 13.2. The first-order chi connectivity index (χ1) is 24.0. The van der Waals surface area contributed by atoms with Crippen LogP contribution in [-0.4, -0.2) is 19.5 Å². The summed E-state index contributed by atoms with van der Waals surface area (Å²) in [7, 11) is 0. The SMILES string of the molecule is CC1(C)c2ccccc2-c2c1ccc(-c1cc(-c3ccccc3)cc(-c3cccc(-c4nc5ccccn5c4-c4ccccc4)c3)n1)c2O. The fourth-order valence-electron chi connectivity index (χ4n) is 7.49. The van der Waals surface area contributed by atoms with Crippen LogP contribution in [0.4, 0.5) is 0 Å². The van der Waals surface area contributed by atoms with Crippen molar-refractivity contribution in [2.75, 3.05) is 0 Å². The summed E-state index contributed by atoms with van der Waals surface area (Å²) in [5.74, 6) is 0.269. The lowest BCUT2D eigenvalue weighted by atomic mass is 9.82. The van der Waals surface area contributed by atoms with Crippen molar-refractivity contribution in [3.63, 3.8) is 0 Å². The standard InChI is InChI=1S/C45H33N3O/c1-45(2)36-21-10-9-20-34(36)41-37(45)24-23-35(44(41)49)39-28-33(29-14-5-3-6-15-29)27-38(46-39)31-18-13-19-32(26-31)42-43(30-16-7-4-8-17-30)48-25-12-11-22-40(48)47-42/h3-28,49H,1-2H3. The van der Waals surface area contributed by atoms with Crippen molar-refractivity contribution in [3.05, 3.63) is 169 Å². The molecule has 0 saturated heterocycles. The molecule has 8 aromatic rings. The Morgan fingerprint density at radius 3 is 2.00 bits per heavy atom. The number of imidazole rings is 1. The quantitative estimate of drug-likeness (QED) is 0.206. The number of phenolic OH excluding ortho intramolecular Hbond substituents is 1. The highest BCUT2D eigenvalue weighted by molar-refractivity contribution is 5.91. The minimum Gasteiger partial charge on any atom is -0.507 e. The third kappa shape index (κ3) is 4.68. The maximum atomic E-state index is 12.0. The van der Waals surface area contributed by atoms with E-state index in [9.17, 15) is 5.11 Å². The van der Waals surface area contributed by atoms with Crippen LogP contribution in [0, 0.1) is 0 Å². The summed E-state index contributed by atoms with van der Waals surface area (Å²) in [6.45, 7) is 4.45. The Kier molecular flexibility index (Phi) is 6.60. The molecule has 0 amide bonds. The summed E-state index contributed by atoms with van der Waals surface area (Å²) in [6, 6.07) is 52.2. The van der Waals surface area contributed by atoms with Gasteiger partial charge in [0.2, 0.25) is 0 Å². The summed E-state index contributed by atoms with van der Waals surface area (Å²) >= 11 is 0. The Bertz CT molecular complexity index is 2530. The lowest BCUT2D eigenvalue weighted by Gasteiger charge is -2.21. The second-order valence-corrected chi connectivity index (χ2v) is 13.2. The van der Waals surface area contributed by atoms with Gasteiger partial charge in [0, 0.05) is 39.4 Å². The molecule has 1 aliphatic carbocycles. The Morgan fingerprint density at radius 2 is 1.18 bits per heavy atom. The monoisotopic (exact) mass is 631 g/mol. The molecule has 1 aliphatic rings. The molecule has 0 radical (unpaired) electrons. The van der Waals surface area contributed by atoms with E-state index < -0.39 is 0 Å². The summed E-state index contributed by atoms with van der Waals surface area (Å²) in [5.41, 5.74) is 14.4. The maximum absolute atomic E-state index is 12.0. The average Bonchev–Trinajstić information content (AvgIpc) is 3.65. The zero-order valence-electron chi connectivity index (χ0n) is 27.3. The van der Waals surface area contributed by atoms with Gasteiger partial charge in [0.15, 0.2) is 0 Å². The van der Waals surface area contributed by atoms with Gasteiger partial charge in [-0.25, -0.2) is 9.97 Å². The van der Waals surface area contributed by atoms with E-state index in [1.165, 1.54) is 5.56 Å². The molecule has 0 saturated carbocycles. The molecule has 3 heterocycles. The molecule has 0 aliphatic heterocycles. The van der Waals surface area contributed by atoms with Gasteiger partial charge in [-0.3, -0.25) is 4.40 Å². The largest absolute Gasteiger partial charge is 0.507 e. The van der Waals surface area contributed by atoms with E-state index in [0.29, 0.717) is 5.56 Å². The molecular weight excluding hydrogens is 599 g/mol. The van der Waals surface area contributed by atoms with Crippen LogP contribution in [0.3, 0.4) is 0 Å². The number of rotatable bonds is 5. The predicted octanol–water partition coefficient (Wildman–Crippen LogP) is 11.1. The summed E-state index contributed by atoms with van der Waals surface area (Å²) in [6.07, 6.45) is 2.07. The minimum absolute atomic E-state index is 0.205. The van der Waals surface area contributed by atoms with Crippen LogP contribution in [0.1, 0.15) is 25.0 Å². The average molecular weight is 632 g/mol. The lowest BCUT2D eigenvalue weighted by Crippen LogP contribution is -2.14. The van der Waals surface area contributed by atoms with Crippen molar-refractivity contribution in [2.24, 2.45) is 0 Å². The van der Waals surface area contributed by atoms with E-state index in [-0.39, 0.29) is 11.2 Å². The number of phenols is 1. The van der Waals surface area contributed by atoms with Crippen LogP contribution in [0.2, 0.25) is 0 Å². The highest BCUT2D eigenvalue weighted by atomic mass is 16.3. The molecule has 4 nitrogen and oxygen atoms in total. The number of hydrogen-bond acceptors (Lipinski definition) is 3. The third-order valence-electron chi connectivity index (χ3n) is 9.94. The highest BCUT2D eigenvalue weighted by Crippen LogP contribution is 2.54. The number of aromatic nitrogens is 3. The highest BCUT2D eigenvalue weighted by Gasteiger charge is 2.37. The molecule has 0 fully saturated rings. The zero-order valence-corrected chi connectivity index (χ0v) is 27.3. The van der Waals surface area contributed by atoms with E-state index >= 15 is 0 Å². The van der Waals surface area contributed by atoms with Crippen molar-refractivity contribution < 1.29 is 5.11 Å². The first-order valence-corrected chi connectivity index (χ1v) is 16.6. The Hall–Kier alpha value is -6.26. The van der Waals surface area contributed by atoms with Crippen LogP contribution in [0.5, 0.6) is 5.75 Å². The van der Waals surface area contributed by atoms with Gasteiger partial charge in [0.25, 0.3) is 0 Å². The summed E-state index contributed by atoms with van der Waals surface area (Å²) < 4.78 is 2.15. The molecular formula is C45H33N3O. The molecule has 0 atom stereocenters. The number of pyridine rings is 2. The van der Waals surface area contributed by atoms with Gasteiger partial charge < -0.3 is 5.11 Å². The van der Waals surface area contributed by atoms with Gasteiger partial charge in [-0.05, 0) is 64.2 Å². The number of hydrogen-bond donors (Lipinski definition) is 1. The molecule has 0 unspecified atom stereocenters. The minimum atomic E-state index is -0.205. The van der Waals surface area contributed by atoms with Gasteiger partial charge in [-0.1, -0.05) is 129 Å². The van der Waals surface area contributed by atoms with E-state index in [4.69, 9.17) is 9.97 Å². The van der Waals surface area contributed by atoms with Crippen LogP contribution in [-0.2, 0) is 5.41 Å². The van der Waals surface area contributed by atoms with Gasteiger partial charge in [0.05, 0.1) is 22.8 Å². The first-order valence-electron chi connectivity index (χ1n) is 16.6. The molecule has 9 rings (SSSR count). The molecule has 4 heteroatoms. The van der Waals surface area contributed by atoms with E-state index in [1.807, 2.05) is 42.5 Å². The van der Waals surface area contributed by atoms with Gasteiger partial charge in [-0.2, -0.15) is 0 Å². The number of nitrogens with zero attached hydrogens (tertiary/aromatic N) is 3. The van der Waals surface area contributed by atoms with Crippen molar-refractivity contribution >= 4 is 5.65 Å². The van der Waals surface area contributed by atoms with E-state index in [2.05, 4.69) is 134 Å². The maximum Gasteiger partial charge on any atom is 0.137 e.